The van der Waals surface area contributed by atoms with Crippen LogP contribution in [0.25, 0.3) is 33.8 Å². The molecule has 1 aliphatic carbocycles. The van der Waals surface area contributed by atoms with E-state index >= 15 is 0 Å². The summed E-state index contributed by atoms with van der Waals surface area (Å²) in [5.74, 6) is 0. The van der Waals surface area contributed by atoms with Crippen molar-refractivity contribution >= 4 is 20.5 Å². The third kappa shape index (κ3) is 3.41. The van der Waals surface area contributed by atoms with Gasteiger partial charge in [0, 0.05) is 0 Å². The van der Waals surface area contributed by atoms with Gasteiger partial charge in [-0.2, -0.15) is 0 Å². The van der Waals surface area contributed by atoms with Gasteiger partial charge in [0.25, 0.3) is 0 Å². The van der Waals surface area contributed by atoms with E-state index in [9.17, 15) is 0 Å². The van der Waals surface area contributed by atoms with Crippen LogP contribution in [0.15, 0.2) is 79.0 Å². The van der Waals surface area contributed by atoms with Gasteiger partial charge < -0.3 is 0 Å². The molecular formula is C29H27N2Se. The molecule has 3 heteroatoms. The molecule has 1 radical (unpaired) electrons. The Balaban J connectivity index is 1.67. The molecule has 2 aromatic heterocycles. The first-order chi connectivity index (χ1) is 15.7. The van der Waals surface area contributed by atoms with Gasteiger partial charge in [-0.05, 0) is 0 Å². The van der Waals surface area contributed by atoms with Crippen molar-refractivity contribution < 1.29 is 0 Å². The second-order valence-electron chi connectivity index (χ2n) is 8.65. The van der Waals surface area contributed by atoms with Crippen LogP contribution in [0.5, 0.6) is 0 Å². The average Bonchev–Trinajstić information content (AvgIpc) is 3.10. The van der Waals surface area contributed by atoms with Gasteiger partial charge >= 0.3 is 199 Å². The third-order valence-electron chi connectivity index (χ3n) is 6.66. The Labute approximate surface area is 199 Å². The Morgan fingerprint density at radius 2 is 1.50 bits per heavy atom. The molecule has 4 aromatic rings. The van der Waals surface area contributed by atoms with E-state index in [1.807, 2.05) is 18.3 Å². The van der Waals surface area contributed by atoms with Crippen LogP contribution in [-0.2, 0) is 5.41 Å². The first-order valence-electron chi connectivity index (χ1n) is 11.5. The number of fused-ring (bicyclic) bond motifs is 3. The number of hydrogen-bond acceptors (Lipinski definition) is 2. The van der Waals surface area contributed by atoms with Gasteiger partial charge in [-0.25, -0.2) is 0 Å². The molecule has 0 aliphatic heterocycles. The van der Waals surface area contributed by atoms with Crippen LogP contribution in [0.4, 0.5) is 0 Å². The first kappa shape index (κ1) is 21.1. The van der Waals surface area contributed by atoms with Gasteiger partial charge in [0.15, 0.2) is 0 Å². The zero-order valence-corrected chi connectivity index (χ0v) is 20.3. The fourth-order valence-corrected chi connectivity index (χ4v) is 6.00. The molecule has 5 rings (SSSR count). The Morgan fingerprint density at radius 1 is 0.750 bits per heavy atom. The van der Waals surface area contributed by atoms with Crippen LogP contribution >= 0.6 is 0 Å². The molecule has 159 valence electrons. The molecule has 0 amide bonds. The summed E-state index contributed by atoms with van der Waals surface area (Å²) in [4.78, 5) is 9.80. The fraction of sp³-hybridized carbons (Fsp3) is 0.241. The average molecular weight is 483 g/mol. The summed E-state index contributed by atoms with van der Waals surface area (Å²) in [5, 5.41) is 0. The predicted molar refractivity (Wildman–Crippen MR) is 134 cm³/mol. The van der Waals surface area contributed by atoms with Crippen LogP contribution in [0.3, 0.4) is 0 Å². The first-order valence-corrected chi connectivity index (χ1v) is 12.4. The van der Waals surface area contributed by atoms with Crippen molar-refractivity contribution in [3.8, 4) is 33.8 Å². The van der Waals surface area contributed by atoms with Gasteiger partial charge in [0.1, 0.15) is 0 Å². The molecule has 0 bridgehead atoms. The van der Waals surface area contributed by atoms with Crippen LogP contribution in [-0.4, -0.2) is 26.0 Å². The molecule has 0 saturated carbocycles. The maximum absolute atomic E-state index is 5.28. The van der Waals surface area contributed by atoms with E-state index in [2.05, 4.69) is 95.5 Å². The van der Waals surface area contributed by atoms with Gasteiger partial charge in [0.2, 0.25) is 0 Å². The predicted octanol–water partition coefficient (Wildman–Crippen LogP) is 6.47. The molecule has 2 nitrogen and oxygen atoms in total. The molecule has 2 aromatic carbocycles. The molecule has 1 aliphatic rings. The summed E-state index contributed by atoms with van der Waals surface area (Å²) in [7, 11) is 0. The second kappa shape index (κ2) is 8.65. The monoisotopic (exact) mass is 483 g/mol. The Hall–Kier alpha value is -2.74. The molecule has 0 atom stereocenters. The SMILES string of the molecule is CCCC1(CCC)c2ccc(-c3cccc(-c4ccccn4)c3)nc2-c2c([Se])cccc21. The molecule has 32 heavy (non-hydrogen) atoms. The van der Waals surface area contributed by atoms with E-state index in [1.165, 1.54) is 21.2 Å². The molecule has 0 saturated heterocycles. The van der Waals surface area contributed by atoms with E-state index in [-0.39, 0.29) is 5.41 Å². The number of nitrogens with zero attached hydrogens (tertiary/aromatic N) is 2. The third-order valence-corrected chi connectivity index (χ3v) is 7.38. The minimum absolute atomic E-state index is 0.0648. The summed E-state index contributed by atoms with van der Waals surface area (Å²) < 4.78 is 1.20. The van der Waals surface area contributed by atoms with Gasteiger partial charge in [-0.3, -0.25) is 0 Å². The maximum atomic E-state index is 5.28. The molecule has 0 spiro atoms. The van der Waals surface area contributed by atoms with Crippen LogP contribution < -0.4 is 4.46 Å². The summed E-state index contributed by atoms with van der Waals surface area (Å²) in [6, 6.07) is 25.8. The van der Waals surface area contributed by atoms with Crippen molar-refractivity contribution in [2.24, 2.45) is 0 Å². The minimum atomic E-state index is 0.0648. The van der Waals surface area contributed by atoms with E-state index in [4.69, 9.17) is 4.98 Å². The topological polar surface area (TPSA) is 25.8 Å². The van der Waals surface area contributed by atoms with Crippen molar-refractivity contribution in [1.29, 1.82) is 0 Å². The number of rotatable bonds is 6. The Kier molecular flexibility index (Phi) is 5.71. The van der Waals surface area contributed by atoms with Crippen LogP contribution in [0, 0.1) is 0 Å². The van der Waals surface area contributed by atoms with Gasteiger partial charge in [-0.1, -0.05) is 0 Å². The second-order valence-corrected chi connectivity index (χ2v) is 9.57. The summed E-state index contributed by atoms with van der Waals surface area (Å²) in [6.45, 7) is 4.59. The number of hydrogen-bond donors (Lipinski definition) is 0. The standard InChI is InChI=1S/C29H27N2Se/c1-3-16-29(17-4-2)22-11-8-13-26(32)27(22)28-23(29)14-15-25(31-28)21-10-7-9-20(19-21)24-12-5-6-18-30-24/h5-15,18-19H,3-4,16-17H2,1-2H3. The van der Waals surface area contributed by atoms with Crippen LogP contribution in [0.2, 0.25) is 0 Å². The van der Waals surface area contributed by atoms with Crippen molar-refractivity contribution in [1.82, 2.24) is 9.97 Å². The van der Waals surface area contributed by atoms with E-state index in [0.29, 0.717) is 0 Å². The molecule has 0 N–H and O–H groups in total. The van der Waals surface area contributed by atoms with Crippen molar-refractivity contribution in [3.63, 3.8) is 0 Å². The van der Waals surface area contributed by atoms with Crippen molar-refractivity contribution in [2.45, 2.75) is 44.9 Å². The molecule has 0 fully saturated rings. The summed E-state index contributed by atoms with van der Waals surface area (Å²) in [5.41, 5.74) is 9.58. The quantitative estimate of drug-likeness (QED) is 0.294. The zero-order valence-electron chi connectivity index (χ0n) is 18.6. The molecule has 2 heterocycles. The fourth-order valence-electron chi connectivity index (χ4n) is 5.40. The van der Waals surface area contributed by atoms with Gasteiger partial charge in [0.05, 0.1) is 0 Å². The normalized spacial score (nSPS) is 13.6. The summed E-state index contributed by atoms with van der Waals surface area (Å²) >= 11 is 3.31. The summed E-state index contributed by atoms with van der Waals surface area (Å²) in [6.07, 6.45) is 6.46. The molecular weight excluding hydrogens is 455 g/mol. The number of benzene rings is 2. The Morgan fingerprint density at radius 3 is 2.22 bits per heavy atom. The number of pyridine rings is 2. The van der Waals surface area contributed by atoms with E-state index in [1.54, 1.807) is 0 Å². The van der Waals surface area contributed by atoms with Crippen LogP contribution in [0.1, 0.15) is 50.7 Å². The Bertz CT molecular complexity index is 1260. The van der Waals surface area contributed by atoms with E-state index in [0.717, 1.165) is 53.9 Å². The van der Waals surface area contributed by atoms with Crippen molar-refractivity contribution in [2.75, 3.05) is 0 Å². The number of aromatic nitrogens is 2. The van der Waals surface area contributed by atoms with E-state index < -0.39 is 0 Å². The molecule has 0 unspecified atom stereocenters. The van der Waals surface area contributed by atoms with Crippen molar-refractivity contribution in [3.05, 3.63) is 90.1 Å². The zero-order chi connectivity index (χ0) is 22.1. The van der Waals surface area contributed by atoms with Gasteiger partial charge in [-0.15, -0.1) is 0 Å².